The number of halogens is 2. The predicted octanol–water partition coefficient (Wildman–Crippen LogP) is 3.02. The lowest BCUT2D eigenvalue weighted by Crippen LogP contribution is -2.07. The molecule has 0 aliphatic carbocycles. The Morgan fingerprint density at radius 3 is 2.85 bits per heavy atom. The summed E-state index contributed by atoms with van der Waals surface area (Å²) in [6, 6.07) is 6.31. The van der Waals surface area contributed by atoms with Gasteiger partial charge in [-0.05, 0) is 65.2 Å². The van der Waals surface area contributed by atoms with Gasteiger partial charge in [-0.15, -0.1) is 0 Å². The highest BCUT2D eigenvalue weighted by atomic mass is 127. The molecule has 0 saturated carbocycles. The third-order valence-corrected chi connectivity index (χ3v) is 3.26. The molecule has 0 unspecified atom stereocenters. The maximum Gasteiger partial charge on any atom is 0.0419 e. The second-order valence-corrected chi connectivity index (χ2v) is 5.07. The van der Waals surface area contributed by atoms with Crippen molar-refractivity contribution < 1.29 is 0 Å². The highest BCUT2D eigenvalue weighted by Gasteiger charge is 2.16. The van der Waals surface area contributed by atoms with Crippen LogP contribution in [0, 0.1) is 3.57 Å². The van der Waals surface area contributed by atoms with Crippen LogP contribution in [-0.2, 0) is 0 Å². The molecular weight excluding hydrogens is 296 g/mol. The zero-order valence-electron chi connectivity index (χ0n) is 7.19. The van der Waals surface area contributed by atoms with Gasteiger partial charge in [-0.3, -0.25) is 0 Å². The Labute approximate surface area is 97.0 Å². The van der Waals surface area contributed by atoms with Crippen LogP contribution in [0.2, 0.25) is 5.02 Å². The van der Waals surface area contributed by atoms with Crippen molar-refractivity contribution in [3.05, 3.63) is 32.4 Å². The average molecular weight is 308 g/mol. The standard InChI is InChI=1S/C10H11ClIN/c11-9-3-8(4-10(12)5-9)7-1-2-13-6-7/h3-5,7,13H,1-2,6H2/t7-/m0/s1. The minimum Gasteiger partial charge on any atom is -0.316 e. The summed E-state index contributed by atoms with van der Waals surface area (Å²) in [5.74, 6) is 0.659. The van der Waals surface area contributed by atoms with Gasteiger partial charge in [-0.1, -0.05) is 11.6 Å². The van der Waals surface area contributed by atoms with Crippen LogP contribution in [0.5, 0.6) is 0 Å². The first-order valence-electron chi connectivity index (χ1n) is 4.42. The highest BCUT2D eigenvalue weighted by molar-refractivity contribution is 14.1. The van der Waals surface area contributed by atoms with Crippen LogP contribution in [0.4, 0.5) is 0 Å². The topological polar surface area (TPSA) is 12.0 Å². The molecule has 1 N–H and O–H groups in total. The Hall–Kier alpha value is 0.200. The van der Waals surface area contributed by atoms with Gasteiger partial charge < -0.3 is 5.32 Å². The van der Waals surface area contributed by atoms with E-state index in [9.17, 15) is 0 Å². The molecular formula is C10H11ClIN. The smallest absolute Gasteiger partial charge is 0.0419 e. The van der Waals surface area contributed by atoms with Gasteiger partial charge in [0.05, 0.1) is 0 Å². The average Bonchev–Trinajstić information content (AvgIpc) is 2.53. The number of rotatable bonds is 1. The van der Waals surface area contributed by atoms with Gasteiger partial charge in [0.1, 0.15) is 0 Å². The van der Waals surface area contributed by atoms with Gasteiger partial charge >= 0.3 is 0 Å². The molecule has 0 bridgehead atoms. The first-order chi connectivity index (χ1) is 6.25. The molecule has 1 fully saturated rings. The molecule has 1 saturated heterocycles. The quantitative estimate of drug-likeness (QED) is 0.787. The number of nitrogens with one attached hydrogen (secondary N) is 1. The van der Waals surface area contributed by atoms with Gasteiger partial charge in [-0.2, -0.15) is 0 Å². The van der Waals surface area contributed by atoms with Crippen molar-refractivity contribution in [1.29, 1.82) is 0 Å². The summed E-state index contributed by atoms with van der Waals surface area (Å²) in [5.41, 5.74) is 1.38. The summed E-state index contributed by atoms with van der Waals surface area (Å²) >= 11 is 8.32. The monoisotopic (exact) mass is 307 g/mol. The van der Waals surface area contributed by atoms with Gasteiger partial charge in [0.2, 0.25) is 0 Å². The number of hydrogen-bond donors (Lipinski definition) is 1. The van der Waals surface area contributed by atoms with E-state index in [1.807, 2.05) is 6.07 Å². The Morgan fingerprint density at radius 2 is 2.23 bits per heavy atom. The van der Waals surface area contributed by atoms with Crippen molar-refractivity contribution in [2.24, 2.45) is 0 Å². The fourth-order valence-corrected chi connectivity index (χ4v) is 2.87. The largest absolute Gasteiger partial charge is 0.316 e. The van der Waals surface area contributed by atoms with Crippen LogP contribution < -0.4 is 5.32 Å². The van der Waals surface area contributed by atoms with E-state index in [-0.39, 0.29) is 0 Å². The SMILES string of the molecule is Clc1cc(I)cc([C@H]2CCNC2)c1. The van der Waals surface area contributed by atoms with Gasteiger partial charge in [0, 0.05) is 15.1 Å². The van der Waals surface area contributed by atoms with Crippen molar-refractivity contribution in [2.45, 2.75) is 12.3 Å². The lowest BCUT2D eigenvalue weighted by molar-refractivity contribution is 0.763. The van der Waals surface area contributed by atoms with Gasteiger partial charge in [0.25, 0.3) is 0 Å². The van der Waals surface area contributed by atoms with Crippen molar-refractivity contribution in [2.75, 3.05) is 13.1 Å². The fourth-order valence-electron chi connectivity index (χ4n) is 1.75. The molecule has 1 aromatic carbocycles. The lowest BCUT2D eigenvalue weighted by Gasteiger charge is -2.09. The molecule has 2 rings (SSSR count). The zero-order chi connectivity index (χ0) is 9.26. The molecule has 13 heavy (non-hydrogen) atoms. The first-order valence-corrected chi connectivity index (χ1v) is 5.88. The Balaban J connectivity index is 2.28. The molecule has 1 aliphatic heterocycles. The predicted molar refractivity (Wildman–Crippen MR) is 64.4 cm³/mol. The van der Waals surface area contributed by atoms with Crippen LogP contribution in [0.1, 0.15) is 17.9 Å². The number of benzene rings is 1. The van der Waals surface area contributed by atoms with Crippen LogP contribution in [0.3, 0.4) is 0 Å². The van der Waals surface area contributed by atoms with Crippen molar-refractivity contribution >= 4 is 34.2 Å². The van der Waals surface area contributed by atoms with Crippen LogP contribution in [0.15, 0.2) is 18.2 Å². The molecule has 1 heterocycles. The Kier molecular flexibility index (Phi) is 3.11. The second-order valence-electron chi connectivity index (χ2n) is 3.39. The Morgan fingerprint density at radius 1 is 1.38 bits per heavy atom. The zero-order valence-corrected chi connectivity index (χ0v) is 10.1. The van der Waals surface area contributed by atoms with E-state index >= 15 is 0 Å². The molecule has 70 valence electrons. The van der Waals surface area contributed by atoms with Gasteiger partial charge in [0.15, 0.2) is 0 Å². The van der Waals surface area contributed by atoms with Crippen LogP contribution in [0.25, 0.3) is 0 Å². The summed E-state index contributed by atoms with van der Waals surface area (Å²) in [6.07, 6.45) is 1.23. The molecule has 0 aromatic heterocycles. The van der Waals surface area contributed by atoms with E-state index in [4.69, 9.17) is 11.6 Å². The molecule has 3 heteroatoms. The lowest BCUT2D eigenvalue weighted by atomic mass is 9.99. The normalized spacial score (nSPS) is 22.2. The van der Waals surface area contributed by atoms with Gasteiger partial charge in [-0.25, -0.2) is 0 Å². The molecule has 0 spiro atoms. The maximum absolute atomic E-state index is 6.00. The molecule has 1 aliphatic rings. The summed E-state index contributed by atoms with van der Waals surface area (Å²) in [6.45, 7) is 2.23. The van der Waals surface area contributed by atoms with Crippen LogP contribution >= 0.6 is 34.2 Å². The molecule has 1 atom stereocenters. The number of hydrogen-bond acceptors (Lipinski definition) is 1. The highest BCUT2D eigenvalue weighted by Crippen LogP contribution is 2.26. The van der Waals surface area contributed by atoms with Crippen molar-refractivity contribution in [3.8, 4) is 0 Å². The summed E-state index contributed by atoms with van der Waals surface area (Å²) in [4.78, 5) is 0. The minimum absolute atomic E-state index is 0.659. The Bertz CT molecular complexity index is 288. The summed E-state index contributed by atoms with van der Waals surface area (Å²) in [7, 11) is 0. The second kappa shape index (κ2) is 4.15. The minimum atomic E-state index is 0.659. The molecule has 1 nitrogen and oxygen atoms in total. The third-order valence-electron chi connectivity index (χ3n) is 2.42. The van der Waals surface area contributed by atoms with E-state index in [0.29, 0.717) is 5.92 Å². The van der Waals surface area contributed by atoms with Crippen molar-refractivity contribution in [3.63, 3.8) is 0 Å². The molecule has 0 amide bonds. The van der Waals surface area contributed by atoms with E-state index in [2.05, 4.69) is 40.0 Å². The molecule has 1 aromatic rings. The van der Waals surface area contributed by atoms with E-state index in [1.54, 1.807) is 0 Å². The van der Waals surface area contributed by atoms with Crippen molar-refractivity contribution in [1.82, 2.24) is 5.32 Å². The summed E-state index contributed by atoms with van der Waals surface area (Å²) in [5, 5.41) is 4.22. The summed E-state index contributed by atoms with van der Waals surface area (Å²) < 4.78 is 1.23. The molecule has 0 radical (unpaired) electrons. The van der Waals surface area contributed by atoms with Crippen LogP contribution in [-0.4, -0.2) is 13.1 Å². The third kappa shape index (κ3) is 2.36. The van der Waals surface area contributed by atoms with E-state index < -0.39 is 0 Å². The fraction of sp³-hybridized carbons (Fsp3) is 0.400. The van der Waals surface area contributed by atoms with E-state index in [1.165, 1.54) is 15.6 Å². The van der Waals surface area contributed by atoms with E-state index in [0.717, 1.165) is 18.1 Å². The maximum atomic E-state index is 6.00. The first kappa shape index (κ1) is 9.74.